The molecule has 0 unspecified atom stereocenters. The van der Waals surface area contributed by atoms with Gasteiger partial charge in [-0.2, -0.15) is 0 Å². The van der Waals surface area contributed by atoms with Crippen LogP contribution >= 0.6 is 0 Å². The van der Waals surface area contributed by atoms with Gasteiger partial charge in [0.25, 0.3) is 5.91 Å². The Bertz CT molecular complexity index is 630. The number of aliphatic imine (C=N–C) groups is 2. The SMILES string of the molecule is CC[C@@]1(N(C)C(=O)C[C@H](N)CCCN=C(N)N)CN=C(NC(N)=O)NC1=O. The van der Waals surface area contributed by atoms with Crippen molar-refractivity contribution in [3.63, 3.8) is 0 Å². The van der Waals surface area contributed by atoms with E-state index in [9.17, 15) is 14.4 Å². The minimum Gasteiger partial charge on any atom is -0.370 e. The molecule has 0 aromatic rings. The summed E-state index contributed by atoms with van der Waals surface area (Å²) in [5.74, 6) is -0.740. The van der Waals surface area contributed by atoms with E-state index < -0.39 is 17.5 Å². The molecule has 10 N–H and O–H groups in total. The molecular weight excluding hydrogens is 354 g/mol. The number of nitrogens with two attached hydrogens (primary N) is 4. The van der Waals surface area contributed by atoms with Gasteiger partial charge in [-0.15, -0.1) is 0 Å². The van der Waals surface area contributed by atoms with Crippen molar-refractivity contribution in [1.82, 2.24) is 15.5 Å². The zero-order valence-electron chi connectivity index (χ0n) is 15.7. The molecule has 0 aliphatic carbocycles. The van der Waals surface area contributed by atoms with Crippen molar-refractivity contribution in [2.45, 2.75) is 44.2 Å². The first-order valence-electron chi connectivity index (χ1n) is 8.62. The van der Waals surface area contributed by atoms with Gasteiger partial charge in [-0.1, -0.05) is 6.92 Å². The number of carbonyl (C=O) groups is 3. The van der Waals surface area contributed by atoms with Crippen LogP contribution in [0.25, 0.3) is 0 Å². The maximum Gasteiger partial charge on any atom is 0.318 e. The number of guanidine groups is 2. The number of primary amides is 1. The summed E-state index contributed by atoms with van der Waals surface area (Å²) in [5, 5.41) is 4.68. The molecule has 4 amide bonds. The summed E-state index contributed by atoms with van der Waals surface area (Å²) in [7, 11) is 1.54. The molecule has 1 aliphatic heterocycles. The summed E-state index contributed by atoms with van der Waals surface area (Å²) in [6.45, 7) is 2.22. The number of hydrogen-bond donors (Lipinski definition) is 6. The second kappa shape index (κ2) is 9.71. The Labute approximate surface area is 157 Å². The molecule has 2 atom stereocenters. The Kier molecular flexibility index (Phi) is 7.97. The molecular formula is C15H29N9O3. The molecule has 0 fully saturated rings. The maximum atomic E-state index is 12.6. The number of rotatable bonds is 8. The minimum absolute atomic E-state index is 0.00686. The average Bonchev–Trinajstić information content (AvgIpc) is 2.58. The molecule has 152 valence electrons. The summed E-state index contributed by atoms with van der Waals surface area (Å²) in [5.41, 5.74) is 20.4. The number of carbonyl (C=O) groups excluding carboxylic acids is 3. The van der Waals surface area contributed by atoms with Crippen molar-refractivity contribution in [2.24, 2.45) is 32.9 Å². The Morgan fingerprint density at radius 1 is 1.41 bits per heavy atom. The van der Waals surface area contributed by atoms with E-state index >= 15 is 0 Å². The van der Waals surface area contributed by atoms with Gasteiger partial charge in [-0.05, 0) is 19.3 Å². The van der Waals surface area contributed by atoms with Crippen LogP contribution < -0.4 is 33.6 Å². The smallest absolute Gasteiger partial charge is 0.318 e. The van der Waals surface area contributed by atoms with E-state index in [-0.39, 0.29) is 36.8 Å². The Balaban J connectivity index is 2.71. The predicted octanol–water partition coefficient (Wildman–Crippen LogP) is -2.48. The zero-order valence-corrected chi connectivity index (χ0v) is 15.7. The lowest BCUT2D eigenvalue weighted by Gasteiger charge is -2.41. The van der Waals surface area contributed by atoms with Crippen LogP contribution in [0.5, 0.6) is 0 Å². The molecule has 0 spiro atoms. The molecule has 0 bridgehead atoms. The summed E-state index contributed by atoms with van der Waals surface area (Å²) < 4.78 is 0. The third kappa shape index (κ3) is 6.09. The van der Waals surface area contributed by atoms with Gasteiger partial charge in [0.05, 0.1) is 6.54 Å². The summed E-state index contributed by atoms with van der Waals surface area (Å²) >= 11 is 0. The highest BCUT2D eigenvalue weighted by molar-refractivity contribution is 6.09. The number of likely N-dealkylation sites (N-methyl/N-ethyl adjacent to an activating group) is 1. The fourth-order valence-corrected chi connectivity index (χ4v) is 2.76. The lowest BCUT2D eigenvalue weighted by atomic mass is 9.91. The minimum atomic E-state index is -1.15. The van der Waals surface area contributed by atoms with Crippen LogP contribution in [-0.4, -0.2) is 66.4 Å². The van der Waals surface area contributed by atoms with Crippen molar-refractivity contribution in [3.05, 3.63) is 0 Å². The van der Waals surface area contributed by atoms with Crippen molar-refractivity contribution in [1.29, 1.82) is 0 Å². The van der Waals surface area contributed by atoms with Gasteiger partial charge in [0, 0.05) is 26.1 Å². The van der Waals surface area contributed by atoms with E-state index in [0.29, 0.717) is 25.8 Å². The van der Waals surface area contributed by atoms with Gasteiger partial charge in [0.15, 0.2) is 5.96 Å². The van der Waals surface area contributed by atoms with Crippen molar-refractivity contribution in [2.75, 3.05) is 20.1 Å². The molecule has 12 heteroatoms. The third-order valence-corrected chi connectivity index (χ3v) is 4.46. The summed E-state index contributed by atoms with van der Waals surface area (Å²) in [6, 6.07) is -1.22. The number of hydrogen-bond acceptors (Lipinski definition) is 6. The van der Waals surface area contributed by atoms with Crippen LogP contribution in [0.2, 0.25) is 0 Å². The average molecular weight is 383 g/mol. The van der Waals surface area contributed by atoms with Gasteiger partial charge >= 0.3 is 6.03 Å². The monoisotopic (exact) mass is 383 g/mol. The molecule has 0 aromatic carbocycles. The number of nitrogens with zero attached hydrogens (tertiary/aromatic N) is 3. The number of nitrogens with one attached hydrogen (secondary N) is 2. The topological polar surface area (TPSA) is 207 Å². The van der Waals surface area contributed by atoms with Crippen LogP contribution in [0.15, 0.2) is 9.98 Å². The fourth-order valence-electron chi connectivity index (χ4n) is 2.76. The third-order valence-electron chi connectivity index (χ3n) is 4.46. The maximum absolute atomic E-state index is 12.6. The first-order chi connectivity index (χ1) is 12.6. The zero-order chi connectivity index (χ0) is 20.6. The molecule has 0 saturated carbocycles. The Morgan fingerprint density at radius 3 is 2.59 bits per heavy atom. The second-order valence-corrected chi connectivity index (χ2v) is 6.36. The normalized spacial score (nSPS) is 20.1. The summed E-state index contributed by atoms with van der Waals surface area (Å²) in [4.78, 5) is 45.5. The standard InChI is InChI=1S/C15H29N9O3/c1-3-15(8-21-14(22-11(15)26)23-13(19)27)24(2)10(25)7-9(16)5-4-6-20-12(17)18/h9H,3-8,16H2,1-2H3,(H4,17,18,20)(H4,19,21,22,23,26,27)/t9-,15-/m1/s1. The molecule has 1 heterocycles. The van der Waals surface area contributed by atoms with Crippen LogP contribution in [0, 0.1) is 0 Å². The van der Waals surface area contributed by atoms with Crippen LogP contribution in [0.3, 0.4) is 0 Å². The highest BCUT2D eigenvalue weighted by Crippen LogP contribution is 2.23. The number of amides is 4. The summed E-state index contributed by atoms with van der Waals surface area (Å²) in [6.07, 6.45) is 1.62. The van der Waals surface area contributed by atoms with E-state index in [0.717, 1.165) is 0 Å². The van der Waals surface area contributed by atoms with Crippen LogP contribution in [0.4, 0.5) is 4.79 Å². The fraction of sp³-hybridized carbons (Fsp3) is 0.667. The largest absolute Gasteiger partial charge is 0.370 e. The van der Waals surface area contributed by atoms with Gasteiger partial charge in [-0.25, -0.2) is 9.79 Å². The van der Waals surface area contributed by atoms with E-state index in [1.165, 1.54) is 4.90 Å². The van der Waals surface area contributed by atoms with Gasteiger partial charge in [-0.3, -0.25) is 25.2 Å². The van der Waals surface area contributed by atoms with Crippen molar-refractivity contribution in [3.8, 4) is 0 Å². The Hall–Kier alpha value is -2.89. The first kappa shape index (κ1) is 22.2. The number of urea groups is 1. The highest BCUT2D eigenvalue weighted by atomic mass is 16.2. The van der Waals surface area contributed by atoms with Gasteiger partial charge < -0.3 is 27.8 Å². The molecule has 0 radical (unpaired) electrons. The van der Waals surface area contributed by atoms with Gasteiger partial charge in [0.2, 0.25) is 11.9 Å². The predicted molar refractivity (Wildman–Crippen MR) is 101 cm³/mol. The molecule has 1 rings (SSSR count). The van der Waals surface area contributed by atoms with Crippen molar-refractivity contribution < 1.29 is 14.4 Å². The first-order valence-corrected chi connectivity index (χ1v) is 8.62. The van der Waals surface area contributed by atoms with Gasteiger partial charge in [0.1, 0.15) is 5.54 Å². The second-order valence-electron chi connectivity index (χ2n) is 6.36. The van der Waals surface area contributed by atoms with Crippen LogP contribution in [-0.2, 0) is 9.59 Å². The van der Waals surface area contributed by atoms with Crippen molar-refractivity contribution >= 4 is 29.8 Å². The molecule has 12 nitrogen and oxygen atoms in total. The van der Waals surface area contributed by atoms with E-state index in [4.69, 9.17) is 22.9 Å². The van der Waals surface area contributed by atoms with E-state index in [1.807, 2.05) is 0 Å². The molecule has 0 aromatic heterocycles. The lowest BCUT2D eigenvalue weighted by molar-refractivity contribution is -0.145. The van der Waals surface area contributed by atoms with E-state index in [1.54, 1.807) is 14.0 Å². The van der Waals surface area contributed by atoms with Crippen LogP contribution in [0.1, 0.15) is 32.6 Å². The molecule has 0 saturated heterocycles. The molecule has 27 heavy (non-hydrogen) atoms. The highest BCUT2D eigenvalue weighted by Gasteiger charge is 2.45. The van der Waals surface area contributed by atoms with E-state index in [2.05, 4.69) is 20.6 Å². The quantitative estimate of drug-likeness (QED) is 0.152. The Morgan fingerprint density at radius 2 is 2.07 bits per heavy atom. The molecule has 1 aliphatic rings. The lowest BCUT2D eigenvalue weighted by Crippen LogP contribution is -2.66.